The van der Waals surface area contributed by atoms with E-state index in [9.17, 15) is 9.59 Å². The molecule has 1 unspecified atom stereocenters. The molecule has 0 radical (unpaired) electrons. The summed E-state index contributed by atoms with van der Waals surface area (Å²) in [6, 6.07) is 8.58. The molecular weight excluding hydrogens is 232 g/mol. The molecule has 0 bridgehead atoms. The first-order valence-electron chi connectivity index (χ1n) is 5.77. The van der Waals surface area contributed by atoms with Gasteiger partial charge in [-0.1, -0.05) is 44.2 Å². The van der Waals surface area contributed by atoms with E-state index in [0.29, 0.717) is 0 Å². The molecule has 98 valence electrons. The second-order valence-corrected chi connectivity index (χ2v) is 4.33. The van der Waals surface area contributed by atoms with Gasteiger partial charge in [0.1, 0.15) is 12.6 Å². The summed E-state index contributed by atoms with van der Waals surface area (Å²) < 4.78 is 5.00. The zero-order valence-corrected chi connectivity index (χ0v) is 10.6. The third-order valence-electron chi connectivity index (χ3n) is 2.46. The Bertz CT molecular complexity index is 404. The number of benzene rings is 1. The van der Waals surface area contributed by atoms with Gasteiger partial charge in [0, 0.05) is 0 Å². The highest BCUT2D eigenvalue weighted by Crippen LogP contribution is 2.03. The normalized spacial score (nSPS) is 11.9. The summed E-state index contributed by atoms with van der Waals surface area (Å²) in [5, 5.41) is 2.45. The van der Waals surface area contributed by atoms with Crippen molar-refractivity contribution in [3.05, 3.63) is 35.9 Å². The molecule has 18 heavy (non-hydrogen) atoms. The number of alkyl carbamates (subject to hydrolysis) is 1. The van der Waals surface area contributed by atoms with Gasteiger partial charge in [-0.2, -0.15) is 0 Å². The van der Waals surface area contributed by atoms with Crippen LogP contribution < -0.4 is 11.1 Å². The van der Waals surface area contributed by atoms with Crippen LogP contribution in [-0.2, 0) is 16.1 Å². The van der Waals surface area contributed by atoms with E-state index in [1.54, 1.807) is 13.8 Å². The molecule has 0 saturated heterocycles. The maximum absolute atomic E-state index is 11.5. The molecule has 0 spiro atoms. The van der Waals surface area contributed by atoms with Gasteiger partial charge in [-0.3, -0.25) is 4.79 Å². The van der Waals surface area contributed by atoms with Crippen LogP contribution in [-0.4, -0.2) is 18.0 Å². The number of carbonyl (C=O) groups excluding carboxylic acids is 2. The van der Waals surface area contributed by atoms with Gasteiger partial charge in [0.05, 0.1) is 0 Å². The predicted octanol–water partition coefficient (Wildman–Crippen LogP) is 1.42. The Balaban J connectivity index is 2.44. The summed E-state index contributed by atoms with van der Waals surface area (Å²) in [5.74, 6) is -0.645. The van der Waals surface area contributed by atoms with Crippen LogP contribution in [0.15, 0.2) is 30.3 Å². The molecule has 1 aromatic rings. The van der Waals surface area contributed by atoms with Gasteiger partial charge in [0.25, 0.3) is 0 Å². The zero-order valence-electron chi connectivity index (χ0n) is 10.6. The number of nitrogens with one attached hydrogen (secondary N) is 1. The second kappa shape index (κ2) is 6.64. The third kappa shape index (κ3) is 4.45. The summed E-state index contributed by atoms with van der Waals surface area (Å²) in [6.45, 7) is 3.76. The van der Waals surface area contributed by atoms with Crippen LogP contribution in [0, 0.1) is 5.92 Å². The van der Waals surface area contributed by atoms with Crippen molar-refractivity contribution in [2.24, 2.45) is 11.7 Å². The Morgan fingerprint density at radius 1 is 1.28 bits per heavy atom. The Morgan fingerprint density at radius 3 is 2.39 bits per heavy atom. The summed E-state index contributed by atoms with van der Waals surface area (Å²) >= 11 is 0. The first-order chi connectivity index (χ1) is 8.50. The summed E-state index contributed by atoms with van der Waals surface area (Å²) in [4.78, 5) is 22.6. The van der Waals surface area contributed by atoms with Crippen molar-refractivity contribution in [3.8, 4) is 0 Å². The van der Waals surface area contributed by atoms with Gasteiger partial charge >= 0.3 is 6.09 Å². The van der Waals surface area contributed by atoms with Crippen molar-refractivity contribution in [2.45, 2.75) is 26.5 Å². The van der Waals surface area contributed by atoms with Crippen LogP contribution in [0.1, 0.15) is 19.4 Å². The van der Waals surface area contributed by atoms with Crippen LogP contribution in [0.4, 0.5) is 4.79 Å². The van der Waals surface area contributed by atoms with Crippen molar-refractivity contribution >= 4 is 12.0 Å². The van der Waals surface area contributed by atoms with Gasteiger partial charge < -0.3 is 15.8 Å². The second-order valence-electron chi connectivity index (χ2n) is 4.33. The number of carbonyl (C=O) groups is 2. The number of ether oxygens (including phenoxy) is 1. The Hall–Kier alpha value is -2.04. The van der Waals surface area contributed by atoms with Crippen molar-refractivity contribution in [1.82, 2.24) is 5.32 Å². The monoisotopic (exact) mass is 250 g/mol. The van der Waals surface area contributed by atoms with Crippen LogP contribution >= 0.6 is 0 Å². The summed E-state index contributed by atoms with van der Waals surface area (Å²) in [6.07, 6.45) is -0.642. The van der Waals surface area contributed by atoms with Crippen LogP contribution in [0.25, 0.3) is 0 Å². The standard InChI is InChI=1S/C13H18N2O3/c1-9(2)11(12(14)16)15-13(17)18-8-10-6-4-3-5-7-10/h3-7,9,11H,8H2,1-2H3,(H2,14,16)(H,15,17). The molecule has 0 fully saturated rings. The van der Waals surface area contributed by atoms with E-state index < -0.39 is 18.0 Å². The zero-order chi connectivity index (χ0) is 13.5. The molecule has 1 rings (SSSR count). The molecule has 1 atom stereocenters. The van der Waals surface area contributed by atoms with Crippen molar-refractivity contribution < 1.29 is 14.3 Å². The first-order valence-corrected chi connectivity index (χ1v) is 5.77. The minimum Gasteiger partial charge on any atom is -0.445 e. The van der Waals surface area contributed by atoms with E-state index in [4.69, 9.17) is 10.5 Å². The molecule has 0 aliphatic heterocycles. The minimum atomic E-state index is -0.715. The SMILES string of the molecule is CC(C)C(NC(=O)OCc1ccccc1)C(N)=O. The van der Waals surface area contributed by atoms with Gasteiger partial charge in [0.2, 0.25) is 5.91 Å². The lowest BCUT2D eigenvalue weighted by Crippen LogP contribution is -2.47. The molecule has 5 nitrogen and oxygen atoms in total. The highest BCUT2D eigenvalue weighted by molar-refractivity contribution is 5.84. The van der Waals surface area contributed by atoms with Gasteiger partial charge in [-0.05, 0) is 11.5 Å². The van der Waals surface area contributed by atoms with Gasteiger partial charge in [0.15, 0.2) is 0 Å². The van der Waals surface area contributed by atoms with E-state index in [1.165, 1.54) is 0 Å². The Labute approximate surface area is 106 Å². The van der Waals surface area contributed by atoms with Crippen LogP contribution in [0.5, 0.6) is 0 Å². The van der Waals surface area contributed by atoms with E-state index in [1.807, 2.05) is 30.3 Å². The fourth-order valence-corrected chi connectivity index (χ4v) is 1.46. The topological polar surface area (TPSA) is 81.4 Å². The highest BCUT2D eigenvalue weighted by Gasteiger charge is 2.22. The fraction of sp³-hybridized carbons (Fsp3) is 0.385. The van der Waals surface area contributed by atoms with Crippen molar-refractivity contribution in [2.75, 3.05) is 0 Å². The smallest absolute Gasteiger partial charge is 0.408 e. The van der Waals surface area contributed by atoms with E-state index in [0.717, 1.165) is 5.56 Å². The lowest BCUT2D eigenvalue weighted by atomic mass is 10.0. The summed E-state index contributed by atoms with van der Waals surface area (Å²) in [5.41, 5.74) is 6.07. The molecule has 0 heterocycles. The number of rotatable bonds is 5. The maximum atomic E-state index is 11.5. The van der Waals surface area contributed by atoms with E-state index >= 15 is 0 Å². The molecular formula is C13H18N2O3. The molecule has 0 aliphatic rings. The maximum Gasteiger partial charge on any atom is 0.408 e. The first kappa shape index (κ1) is 14.0. The number of hydrogen-bond donors (Lipinski definition) is 2. The molecule has 0 aromatic heterocycles. The average molecular weight is 250 g/mol. The van der Waals surface area contributed by atoms with Crippen molar-refractivity contribution in [1.29, 1.82) is 0 Å². The lowest BCUT2D eigenvalue weighted by molar-refractivity contribution is -0.120. The van der Waals surface area contributed by atoms with Gasteiger partial charge in [-0.25, -0.2) is 4.79 Å². The summed E-state index contributed by atoms with van der Waals surface area (Å²) in [7, 11) is 0. The molecule has 5 heteroatoms. The van der Waals surface area contributed by atoms with Crippen molar-refractivity contribution in [3.63, 3.8) is 0 Å². The minimum absolute atomic E-state index is 0.0771. The number of hydrogen-bond acceptors (Lipinski definition) is 3. The Morgan fingerprint density at radius 2 is 1.89 bits per heavy atom. The van der Waals surface area contributed by atoms with E-state index in [2.05, 4.69) is 5.32 Å². The Kier molecular flexibility index (Phi) is 5.17. The van der Waals surface area contributed by atoms with Crippen LogP contribution in [0.3, 0.4) is 0 Å². The molecule has 0 aliphatic carbocycles. The number of primary amides is 1. The highest BCUT2D eigenvalue weighted by atomic mass is 16.5. The molecule has 0 saturated carbocycles. The third-order valence-corrected chi connectivity index (χ3v) is 2.46. The average Bonchev–Trinajstić information content (AvgIpc) is 2.34. The van der Waals surface area contributed by atoms with Crippen LogP contribution in [0.2, 0.25) is 0 Å². The number of nitrogens with two attached hydrogens (primary N) is 1. The fourth-order valence-electron chi connectivity index (χ4n) is 1.46. The number of amides is 2. The molecule has 2 amide bonds. The predicted molar refractivity (Wildman–Crippen MR) is 67.6 cm³/mol. The molecule has 1 aromatic carbocycles. The quantitative estimate of drug-likeness (QED) is 0.829. The molecule has 3 N–H and O–H groups in total. The largest absolute Gasteiger partial charge is 0.445 e. The van der Waals surface area contributed by atoms with E-state index in [-0.39, 0.29) is 12.5 Å². The van der Waals surface area contributed by atoms with Gasteiger partial charge in [-0.15, -0.1) is 0 Å². The lowest BCUT2D eigenvalue weighted by Gasteiger charge is -2.18.